The summed E-state index contributed by atoms with van der Waals surface area (Å²) in [4.78, 5) is 0.269. The van der Waals surface area contributed by atoms with Crippen molar-refractivity contribution in [3.8, 4) is 5.75 Å². The highest BCUT2D eigenvalue weighted by atomic mass is 32.2. The third-order valence-electron chi connectivity index (χ3n) is 3.74. The second-order valence-electron chi connectivity index (χ2n) is 5.62. The minimum Gasteiger partial charge on any atom is -0.493 e. The summed E-state index contributed by atoms with van der Waals surface area (Å²) in [5, 5.41) is 0. The summed E-state index contributed by atoms with van der Waals surface area (Å²) >= 11 is 0. The largest absolute Gasteiger partial charge is 0.493 e. The van der Waals surface area contributed by atoms with Gasteiger partial charge < -0.3 is 9.47 Å². The number of hydrogen-bond acceptors (Lipinski definition) is 4. The molecule has 0 aromatic heterocycles. The number of sulfonamides is 1. The van der Waals surface area contributed by atoms with Gasteiger partial charge in [0, 0.05) is 13.2 Å². The summed E-state index contributed by atoms with van der Waals surface area (Å²) in [5.41, 5.74) is 0.830. The summed E-state index contributed by atoms with van der Waals surface area (Å²) in [7, 11) is -3.50. The van der Waals surface area contributed by atoms with Crippen molar-refractivity contribution in [2.75, 3.05) is 19.8 Å². The van der Waals surface area contributed by atoms with Crippen LogP contribution < -0.4 is 9.46 Å². The van der Waals surface area contributed by atoms with Crippen LogP contribution >= 0.6 is 0 Å². The van der Waals surface area contributed by atoms with Gasteiger partial charge in [-0.25, -0.2) is 13.1 Å². The summed E-state index contributed by atoms with van der Waals surface area (Å²) in [6.45, 7) is 5.66. The van der Waals surface area contributed by atoms with Crippen LogP contribution in [0.4, 0.5) is 0 Å². The van der Waals surface area contributed by atoms with Gasteiger partial charge in [-0.15, -0.1) is 0 Å². The van der Waals surface area contributed by atoms with Crippen LogP contribution in [-0.4, -0.2) is 34.3 Å². The van der Waals surface area contributed by atoms with E-state index in [1.807, 2.05) is 6.92 Å². The Morgan fingerprint density at radius 2 is 2.23 bits per heavy atom. The second kappa shape index (κ2) is 7.94. The Bertz CT molecular complexity index is 580. The molecule has 1 aliphatic rings. The van der Waals surface area contributed by atoms with Crippen molar-refractivity contribution < 1.29 is 17.9 Å². The lowest BCUT2D eigenvalue weighted by atomic mass is 10.2. The van der Waals surface area contributed by atoms with Crippen LogP contribution in [-0.2, 0) is 14.8 Å². The fraction of sp³-hybridized carbons (Fsp3) is 0.625. The standard InChI is InChI=1S/C16H25NO4S/c1-3-4-9-21-16-8-7-15(11-13(16)2)22(18,19)17-12-14-6-5-10-20-14/h7-8,11,14,17H,3-6,9-10,12H2,1-2H3/t14-/m1/s1. The van der Waals surface area contributed by atoms with Crippen molar-refractivity contribution in [2.24, 2.45) is 0 Å². The lowest BCUT2D eigenvalue weighted by Gasteiger charge is -2.13. The first-order chi connectivity index (χ1) is 10.5. The zero-order valence-corrected chi connectivity index (χ0v) is 14.1. The van der Waals surface area contributed by atoms with Crippen molar-refractivity contribution in [3.05, 3.63) is 23.8 Å². The molecule has 0 amide bonds. The average molecular weight is 327 g/mol. The van der Waals surface area contributed by atoms with E-state index in [2.05, 4.69) is 11.6 Å². The first kappa shape index (κ1) is 17.2. The van der Waals surface area contributed by atoms with Crippen LogP contribution in [0.5, 0.6) is 5.75 Å². The highest BCUT2D eigenvalue weighted by Crippen LogP contribution is 2.22. The van der Waals surface area contributed by atoms with Crippen LogP contribution in [0.15, 0.2) is 23.1 Å². The first-order valence-corrected chi connectivity index (χ1v) is 9.36. The van der Waals surface area contributed by atoms with E-state index >= 15 is 0 Å². The molecule has 0 bridgehead atoms. The van der Waals surface area contributed by atoms with Crippen LogP contribution in [0.1, 0.15) is 38.2 Å². The van der Waals surface area contributed by atoms with Crippen LogP contribution in [0.25, 0.3) is 0 Å². The molecule has 6 heteroatoms. The fourth-order valence-corrected chi connectivity index (χ4v) is 3.52. The third-order valence-corrected chi connectivity index (χ3v) is 5.16. The van der Waals surface area contributed by atoms with Crippen LogP contribution in [0.2, 0.25) is 0 Å². The minimum atomic E-state index is -3.50. The number of unbranched alkanes of at least 4 members (excludes halogenated alkanes) is 1. The number of ether oxygens (including phenoxy) is 2. The highest BCUT2D eigenvalue weighted by Gasteiger charge is 2.20. The molecule has 1 fully saturated rings. The number of aryl methyl sites for hydroxylation is 1. The Balaban J connectivity index is 1.99. The van der Waals surface area contributed by atoms with Gasteiger partial charge in [-0.1, -0.05) is 13.3 Å². The molecule has 22 heavy (non-hydrogen) atoms. The second-order valence-corrected chi connectivity index (χ2v) is 7.38. The third kappa shape index (κ3) is 4.69. The summed E-state index contributed by atoms with van der Waals surface area (Å²) in [5.74, 6) is 0.742. The van der Waals surface area contributed by atoms with E-state index in [0.29, 0.717) is 13.2 Å². The molecule has 2 rings (SSSR count). The Labute approximate surface area is 133 Å². The Hall–Kier alpha value is -1.11. The number of rotatable bonds is 8. The molecule has 1 aliphatic heterocycles. The molecule has 0 saturated carbocycles. The van der Waals surface area contributed by atoms with Gasteiger partial charge in [-0.3, -0.25) is 0 Å². The molecule has 124 valence electrons. The van der Waals surface area contributed by atoms with Crippen molar-refractivity contribution in [1.82, 2.24) is 4.72 Å². The van der Waals surface area contributed by atoms with Crippen molar-refractivity contribution >= 4 is 10.0 Å². The summed E-state index contributed by atoms with van der Waals surface area (Å²) in [6.07, 6.45) is 3.95. The first-order valence-electron chi connectivity index (χ1n) is 7.87. The van der Waals surface area contributed by atoms with Gasteiger partial charge in [0.05, 0.1) is 17.6 Å². The molecule has 0 aliphatic carbocycles. The quantitative estimate of drug-likeness (QED) is 0.746. The van der Waals surface area contributed by atoms with E-state index in [1.54, 1.807) is 18.2 Å². The maximum Gasteiger partial charge on any atom is 0.240 e. The molecule has 1 aromatic rings. The zero-order valence-electron chi connectivity index (χ0n) is 13.3. The van der Waals surface area contributed by atoms with Gasteiger partial charge >= 0.3 is 0 Å². The highest BCUT2D eigenvalue weighted by molar-refractivity contribution is 7.89. The van der Waals surface area contributed by atoms with Crippen LogP contribution in [0.3, 0.4) is 0 Å². The Kier molecular flexibility index (Phi) is 6.23. The van der Waals surface area contributed by atoms with Gasteiger partial charge in [-0.2, -0.15) is 0 Å². The molecular formula is C16H25NO4S. The molecule has 5 nitrogen and oxygen atoms in total. The molecule has 1 saturated heterocycles. The minimum absolute atomic E-state index is 0.00692. The maximum atomic E-state index is 12.3. The smallest absolute Gasteiger partial charge is 0.240 e. The van der Waals surface area contributed by atoms with E-state index in [9.17, 15) is 8.42 Å². The summed E-state index contributed by atoms with van der Waals surface area (Å²) in [6, 6.07) is 4.97. The van der Waals surface area contributed by atoms with E-state index < -0.39 is 10.0 Å². The molecular weight excluding hydrogens is 302 g/mol. The monoisotopic (exact) mass is 327 g/mol. The maximum absolute atomic E-state index is 12.3. The SMILES string of the molecule is CCCCOc1ccc(S(=O)(=O)NC[C@H]2CCCO2)cc1C. The van der Waals surface area contributed by atoms with E-state index in [0.717, 1.165) is 43.6 Å². The molecule has 1 N–H and O–H groups in total. The van der Waals surface area contributed by atoms with Gasteiger partial charge in [0.15, 0.2) is 0 Å². The van der Waals surface area contributed by atoms with E-state index in [-0.39, 0.29) is 11.0 Å². The molecule has 1 aromatic carbocycles. The van der Waals surface area contributed by atoms with Crippen molar-refractivity contribution in [2.45, 2.75) is 50.5 Å². The zero-order chi connectivity index (χ0) is 16.0. The fourth-order valence-electron chi connectivity index (χ4n) is 2.37. The number of benzene rings is 1. The van der Waals surface area contributed by atoms with E-state index in [1.165, 1.54) is 0 Å². The molecule has 1 atom stereocenters. The van der Waals surface area contributed by atoms with E-state index in [4.69, 9.17) is 9.47 Å². The summed E-state index contributed by atoms with van der Waals surface area (Å²) < 4.78 is 38.3. The normalized spacial score (nSPS) is 18.5. The number of hydrogen-bond donors (Lipinski definition) is 1. The van der Waals surface area contributed by atoms with Gasteiger partial charge in [0.1, 0.15) is 5.75 Å². The predicted molar refractivity (Wildman–Crippen MR) is 85.7 cm³/mol. The lowest BCUT2D eigenvalue weighted by Crippen LogP contribution is -2.31. The molecule has 0 spiro atoms. The van der Waals surface area contributed by atoms with Crippen molar-refractivity contribution in [3.63, 3.8) is 0 Å². The number of nitrogens with one attached hydrogen (secondary N) is 1. The topological polar surface area (TPSA) is 64.6 Å². The molecule has 0 radical (unpaired) electrons. The lowest BCUT2D eigenvalue weighted by molar-refractivity contribution is 0.114. The Morgan fingerprint density at radius 3 is 2.86 bits per heavy atom. The average Bonchev–Trinajstić information content (AvgIpc) is 3.00. The predicted octanol–water partition coefficient (Wildman–Crippen LogP) is 2.63. The van der Waals surface area contributed by atoms with Gasteiger partial charge in [0.25, 0.3) is 0 Å². The Morgan fingerprint density at radius 1 is 1.41 bits per heavy atom. The molecule has 0 unspecified atom stereocenters. The molecule has 1 heterocycles. The van der Waals surface area contributed by atoms with Gasteiger partial charge in [-0.05, 0) is 49.9 Å². The van der Waals surface area contributed by atoms with Gasteiger partial charge in [0.2, 0.25) is 10.0 Å². The van der Waals surface area contributed by atoms with Crippen molar-refractivity contribution in [1.29, 1.82) is 0 Å². The van der Waals surface area contributed by atoms with Crippen LogP contribution in [0, 0.1) is 6.92 Å².